The molecule has 0 aromatic heterocycles. The molecular formula is C29H41ClN4O6. The minimum absolute atomic E-state index is 0. The number of fused-ring (bicyclic) bond motifs is 2. The number of rotatable bonds is 5. The Morgan fingerprint density at radius 1 is 0.900 bits per heavy atom. The van der Waals surface area contributed by atoms with Crippen molar-refractivity contribution in [1.29, 1.82) is 0 Å². The van der Waals surface area contributed by atoms with Crippen LogP contribution in [0.2, 0.25) is 0 Å². The van der Waals surface area contributed by atoms with Gasteiger partial charge in [-0.25, -0.2) is 4.79 Å². The molecule has 3 amide bonds. The van der Waals surface area contributed by atoms with Gasteiger partial charge in [-0.2, -0.15) is 0 Å². The second-order valence-corrected chi connectivity index (χ2v) is 10.3. The van der Waals surface area contributed by atoms with Gasteiger partial charge in [0, 0.05) is 13.1 Å². The lowest BCUT2D eigenvalue weighted by atomic mass is 10.2. The van der Waals surface area contributed by atoms with Gasteiger partial charge in [-0.15, -0.1) is 12.4 Å². The molecular weight excluding hydrogens is 536 g/mol. The zero-order valence-corrected chi connectivity index (χ0v) is 24.7. The van der Waals surface area contributed by atoms with Crippen LogP contribution in [0.5, 0.6) is 11.5 Å². The average Bonchev–Trinajstić information content (AvgIpc) is 3.09. The SMILES string of the molecule is CCCN1C(=O)[C@@H](N)COc2ccccc21.CCCN1C(=O)[C@@H](NC(=O)OC(C)(C)C)COc2ccccc21.Cl. The van der Waals surface area contributed by atoms with Crippen molar-refractivity contribution in [3.63, 3.8) is 0 Å². The van der Waals surface area contributed by atoms with E-state index in [1.807, 2.05) is 62.4 Å². The summed E-state index contributed by atoms with van der Waals surface area (Å²) in [4.78, 5) is 40.1. The number of halogens is 1. The Balaban J connectivity index is 0.000000290. The molecule has 220 valence electrons. The fourth-order valence-electron chi connectivity index (χ4n) is 4.19. The first-order chi connectivity index (χ1) is 18.6. The molecule has 3 N–H and O–H groups in total. The van der Waals surface area contributed by atoms with Crippen molar-refractivity contribution in [3.8, 4) is 11.5 Å². The summed E-state index contributed by atoms with van der Waals surface area (Å²) in [7, 11) is 0. The number of nitrogens with zero attached hydrogens (tertiary/aromatic N) is 2. The Bertz CT molecular complexity index is 1160. The van der Waals surface area contributed by atoms with Gasteiger partial charge in [-0.1, -0.05) is 38.1 Å². The van der Waals surface area contributed by atoms with Gasteiger partial charge in [-0.3, -0.25) is 9.59 Å². The molecule has 40 heavy (non-hydrogen) atoms. The number of carbonyl (C=O) groups is 3. The first-order valence-corrected chi connectivity index (χ1v) is 13.4. The standard InChI is InChI=1S/C17H24N2O4.C12H16N2O2.ClH/c1-5-10-19-13-8-6-7-9-14(13)22-11-12(15(19)20)18-16(21)23-17(2,3)4;1-2-7-14-10-5-3-4-6-11(10)16-8-9(13)12(14)15;/h6-9,12H,5,10-11H2,1-4H3,(H,18,21);3-6,9H,2,7-8,13H2,1H3;1H/t12-;9-;/m00./s1. The number of alkyl carbamates (subject to hydrolysis) is 1. The second kappa shape index (κ2) is 14.8. The van der Waals surface area contributed by atoms with Gasteiger partial charge < -0.3 is 35.1 Å². The van der Waals surface area contributed by atoms with Crippen LogP contribution in [0.4, 0.5) is 16.2 Å². The predicted octanol–water partition coefficient (Wildman–Crippen LogP) is 4.29. The molecule has 0 bridgehead atoms. The molecule has 0 unspecified atom stereocenters. The zero-order chi connectivity index (χ0) is 28.6. The molecule has 0 aliphatic carbocycles. The van der Waals surface area contributed by atoms with E-state index in [9.17, 15) is 14.4 Å². The summed E-state index contributed by atoms with van der Waals surface area (Å²) in [6, 6.07) is 13.6. The number of anilines is 2. The summed E-state index contributed by atoms with van der Waals surface area (Å²) in [5, 5.41) is 2.61. The van der Waals surface area contributed by atoms with E-state index in [-0.39, 0.29) is 37.4 Å². The fraction of sp³-hybridized carbons (Fsp3) is 0.483. The van der Waals surface area contributed by atoms with Crippen LogP contribution in [-0.2, 0) is 14.3 Å². The first-order valence-electron chi connectivity index (χ1n) is 13.4. The summed E-state index contributed by atoms with van der Waals surface area (Å²) in [6.45, 7) is 10.9. The van der Waals surface area contributed by atoms with Crippen molar-refractivity contribution in [1.82, 2.24) is 5.32 Å². The lowest BCUT2D eigenvalue weighted by molar-refractivity contribution is -0.121. The van der Waals surface area contributed by atoms with E-state index in [1.165, 1.54) is 0 Å². The maximum atomic E-state index is 12.8. The molecule has 0 saturated heterocycles. The molecule has 2 aromatic rings. The molecule has 2 heterocycles. The van der Waals surface area contributed by atoms with Crippen LogP contribution in [0.15, 0.2) is 48.5 Å². The Hall–Kier alpha value is -3.50. The number of para-hydroxylation sites is 4. The molecule has 2 aliphatic heterocycles. The number of carbonyl (C=O) groups excluding carboxylic acids is 3. The van der Waals surface area contributed by atoms with Gasteiger partial charge >= 0.3 is 6.09 Å². The minimum atomic E-state index is -0.774. The highest BCUT2D eigenvalue weighted by Gasteiger charge is 2.33. The number of amides is 3. The topological polar surface area (TPSA) is 123 Å². The number of nitrogens with one attached hydrogen (secondary N) is 1. The molecule has 0 radical (unpaired) electrons. The second-order valence-electron chi connectivity index (χ2n) is 10.3. The highest BCUT2D eigenvalue weighted by Crippen LogP contribution is 2.32. The molecule has 2 aromatic carbocycles. The summed E-state index contributed by atoms with van der Waals surface area (Å²) in [6.07, 6.45) is 1.08. The lowest BCUT2D eigenvalue weighted by Gasteiger charge is -2.25. The number of hydrogen-bond acceptors (Lipinski definition) is 7. The van der Waals surface area contributed by atoms with E-state index in [1.54, 1.807) is 30.6 Å². The maximum Gasteiger partial charge on any atom is 0.408 e. The van der Waals surface area contributed by atoms with E-state index in [2.05, 4.69) is 5.32 Å². The number of benzene rings is 2. The van der Waals surface area contributed by atoms with Crippen LogP contribution in [-0.4, -0.2) is 61.9 Å². The third-order valence-electron chi connectivity index (χ3n) is 5.87. The van der Waals surface area contributed by atoms with Gasteiger partial charge in [0.1, 0.15) is 42.4 Å². The number of nitrogens with two attached hydrogens (primary N) is 1. The first kappa shape index (κ1) is 32.7. The third kappa shape index (κ3) is 8.50. The van der Waals surface area contributed by atoms with E-state index in [0.29, 0.717) is 18.8 Å². The average molecular weight is 577 g/mol. The van der Waals surface area contributed by atoms with E-state index >= 15 is 0 Å². The zero-order valence-electron chi connectivity index (χ0n) is 23.8. The molecule has 11 heteroatoms. The van der Waals surface area contributed by atoms with E-state index < -0.39 is 23.8 Å². The summed E-state index contributed by atoms with van der Waals surface area (Å²) < 4.78 is 16.5. The van der Waals surface area contributed by atoms with Crippen LogP contribution in [0.3, 0.4) is 0 Å². The van der Waals surface area contributed by atoms with Gasteiger partial charge in [0.2, 0.25) is 5.91 Å². The molecule has 2 aliphatic rings. The van der Waals surface area contributed by atoms with Gasteiger partial charge in [0.25, 0.3) is 5.91 Å². The maximum absolute atomic E-state index is 12.8. The van der Waals surface area contributed by atoms with Crippen molar-refractivity contribution < 1.29 is 28.6 Å². The molecule has 10 nitrogen and oxygen atoms in total. The fourth-order valence-corrected chi connectivity index (χ4v) is 4.19. The Morgan fingerprint density at radius 3 is 1.88 bits per heavy atom. The molecule has 4 rings (SSSR count). The largest absolute Gasteiger partial charge is 0.489 e. The monoisotopic (exact) mass is 576 g/mol. The molecule has 2 atom stereocenters. The van der Waals surface area contributed by atoms with Crippen LogP contribution < -0.4 is 30.3 Å². The van der Waals surface area contributed by atoms with Crippen molar-refractivity contribution in [2.45, 2.75) is 65.1 Å². The van der Waals surface area contributed by atoms with Gasteiger partial charge in [0.15, 0.2) is 0 Å². The highest BCUT2D eigenvalue weighted by atomic mass is 35.5. The Labute approximate surface area is 242 Å². The Kier molecular flexibility index (Phi) is 12.1. The van der Waals surface area contributed by atoms with E-state index in [0.717, 1.165) is 30.0 Å². The van der Waals surface area contributed by atoms with Crippen LogP contribution in [0.1, 0.15) is 47.5 Å². The molecule has 0 saturated carbocycles. The summed E-state index contributed by atoms with van der Waals surface area (Å²) >= 11 is 0. The minimum Gasteiger partial charge on any atom is -0.489 e. The van der Waals surface area contributed by atoms with Crippen LogP contribution in [0, 0.1) is 0 Å². The Morgan fingerprint density at radius 2 is 1.38 bits per heavy atom. The van der Waals surface area contributed by atoms with Crippen molar-refractivity contribution in [2.75, 3.05) is 36.1 Å². The number of ether oxygens (including phenoxy) is 3. The molecule has 0 fully saturated rings. The normalized spacial score (nSPS) is 18.2. The van der Waals surface area contributed by atoms with Crippen molar-refractivity contribution in [3.05, 3.63) is 48.5 Å². The smallest absolute Gasteiger partial charge is 0.408 e. The summed E-state index contributed by atoms with van der Waals surface area (Å²) in [5.74, 6) is 1.12. The lowest BCUT2D eigenvalue weighted by Crippen LogP contribution is -2.51. The summed E-state index contributed by atoms with van der Waals surface area (Å²) in [5.41, 5.74) is 6.69. The van der Waals surface area contributed by atoms with Crippen LogP contribution >= 0.6 is 12.4 Å². The predicted molar refractivity (Wildman–Crippen MR) is 158 cm³/mol. The third-order valence-corrected chi connectivity index (χ3v) is 5.87. The van der Waals surface area contributed by atoms with Crippen molar-refractivity contribution in [2.24, 2.45) is 5.73 Å². The quantitative estimate of drug-likeness (QED) is 0.544. The molecule has 0 spiro atoms. The van der Waals surface area contributed by atoms with Crippen LogP contribution in [0.25, 0.3) is 0 Å². The van der Waals surface area contributed by atoms with Crippen molar-refractivity contribution >= 4 is 41.7 Å². The highest BCUT2D eigenvalue weighted by molar-refractivity contribution is 6.01. The van der Waals surface area contributed by atoms with E-state index in [4.69, 9.17) is 19.9 Å². The number of hydrogen-bond donors (Lipinski definition) is 2. The van der Waals surface area contributed by atoms with Gasteiger partial charge in [0.05, 0.1) is 11.4 Å². The van der Waals surface area contributed by atoms with Gasteiger partial charge in [-0.05, 0) is 57.9 Å².